The van der Waals surface area contributed by atoms with Gasteiger partial charge in [0, 0.05) is 24.0 Å². The second-order valence-electron chi connectivity index (χ2n) is 6.56. The summed E-state index contributed by atoms with van der Waals surface area (Å²) in [5.41, 5.74) is 0.0868. The summed E-state index contributed by atoms with van der Waals surface area (Å²) >= 11 is 1.12. The second-order valence-corrected chi connectivity index (χ2v) is 7.50. The van der Waals surface area contributed by atoms with Crippen LogP contribution in [0.25, 0.3) is 17.1 Å². The number of carbonyl (C=O) groups is 1. The van der Waals surface area contributed by atoms with Crippen molar-refractivity contribution in [1.29, 1.82) is 0 Å². The molecular weight excluding hydrogens is 403 g/mol. The van der Waals surface area contributed by atoms with Gasteiger partial charge in [-0.3, -0.25) is 14.3 Å². The molecule has 1 saturated carbocycles. The van der Waals surface area contributed by atoms with Gasteiger partial charge in [0.2, 0.25) is 5.91 Å². The van der Waals surface area contributed by atoms with Gasteiger partial charge in [-0.05, 0) is 43.2 Å². The fourth-order valence-electron chi connectivity index (χ4n) is 2.73. The van der Waals surface area contributed by atoms with E-state index in [2.05, 4.69) is 20.5 Å². The largest absolute Gasteiger partial charge is 0.416 e. The van der Waals surface area contributed by atoms with E-state index >= 15 is 0 Å². The number of nitrogens with one attached hydrogen (secondary N) is 1. The van der Waals surface area contributed by atoms with E-state index in [9.17, 15) is 18.0 Å². The molecule has 1 amide bonds. The van der Waals surface area contributed by atoms with Gasteiger partial charge in [-0.2, -0.15) is 13.2 Å². The van der Waals surface area contributed by atoms with E-state index in [1.807, 2.05) is 0 Å². The zero-order chi connectivity index (χ0) is 20.4. The number of thioether (sulfide) groups is 1. The molecule has 29 heavy (non-hydrogen) atoms. The van der Waals surface area contributed by atoms with Crippen LogP contribution >= 0.6 is 11.8 Å². The molecule has 2 heterocycles. The van der Waals surface area contributed by atoms with Gasteiger partial charge in [0.15, 0.2) is 11.0 Å². The molecule has 2 aromatic heterocycles. The first-order chi connectivity index (χ1) is 13.9. The van der Waals surface area contributed by atoms with Crippen molar-refractivity contribution in [1.82, 2.24) is 25.1 Å². The summed E-state index contributed by atoms with van der Waals surface area (Å²) in [7, 11) is 0. The maximum Gasteiger partial charge on any atom is 0.416 e. The fourth-order valence-corrected chi connectivity index (χ4v) is 3.49. The molecule has 0 unspecified atom stereocenters. The van der Waals surface area contributed by atoms with Crippen LogP contribution < -0.4 is 5.32 Å². The summed E-state index contributed by atoms with van der Waals surface area (Å²) in [6, 6.07) is 8.61. The molecule has 3 aromatic rings. The number of nitrogens with zero attached hydrogens (tertiary/aromatic N) is 4. The number of carbonyl (C=O) groups excluding carboxylic acids is 1. The van der Waals surface area contributed by atoms with Gasteiger partial charge < -0.3 is 5.32 Å². The lowest BCUT2D eigenvalue weighted by molar-refractivity contribution is -0.137. The number of halogens is 3. The van der Waals surface area contributed by atoms with Gasteiger partial charge in [-0.25, -0.2) is 0 Å². The van der Waals surface area contributed by atoms with Gasteiger partial charge in [-0.1, -0.05) is 17.8 Å². The summed E-state index contributed by atoms with van der Waals surface area (Å²) in [4.78, 5) is 16.1. The van der Waals surface area contributed by atoms with Crippen LogP contribution in [0.2, 0.25) is 0 Å². The number of hydrogen-bond donors (Lipinski definition) is 1. The first-order valence-electron chi connectivity index (χ1n) is 8.87. The molecule has 0 aliphatic heterocycles. The Labute approximate surface area is 168 Å². The normalized spacial score (nSPS) is 14.0. The Balaban J connectivity index is 1.71. The number of amides is 1. The highest BCUT2D eigenvalue weighted by Gasteiger charge is 2.31. The average molecular weight is 419 g/mol. The van der Waals surface area contributed by atoms with Crippen LogP contribution in [0, 0.1) is 0 Å². The third kappa shape index (κ3) is 4.58. The van der Waals surface area contributed by atoms with E-state index < -0.39 is 11.7 Å². The van der Waals surface area contributed by atoms with Gasteiger partial charge >= 0.3 is 6.18 Å². The molecule has 0 spiro atoms. The minimum atomic E-state index is -4.48. The minimum Gasteiger partial charge on any atom is -0.353 e. The SMILES string of the molecule is O=C(CSc1nnc(-c2cccnc2)n1-c1cccc(C(F)(F)F)c1)NC1CC1. The molecule has 1 N–H and O–H groups in total. The highest BCUT2D eigenvalue weighted by Crippen LogP contribution is 2.33. The summed E-state index contributed by atoms with van der Waals surface area (Å²) < 4.78 is 41.1. The molecule has 10 heteroatoms. The molecular formula is C19H16F3N5OS. The van der Waals surface area contributed by atoms with Crippen molar-refractivity contribution in [2.24, 2.45) is 0 Å². The van der Waals surface area contributed by atoms with E-state index in [1.165, 1.54) is 10.6 Å². The summed E-state index contributed by atoms with van der Waals surface area (Å²) in [5.74, 6) is 0.308. The maximum absolute atomic E-state index is 13.2. The molecule has 0 atom stereocenters. The monoisotopic (exact) mass is 419 g/mol. The zero-order valence-electron chi connectivity index (χ0n) is 15.1. The standard InChI is InChI=1S/C19H16F3N5OS/c20-19(21,22)13-4-1-5-15(9-13)27-17(12-3-2-8-23-10-12)25-26-18(27)29-11-16(28)24-14-6-7-14/h1-5,8-10,14H,6-7,11H2,(H,24,28). The van der Waals surface area contributed by atoms with Crippen LogP contribution in [0.15, 0.2) is 53.9 Å². The highest BCUT2D eigenvalue weighted by molar-refractivity contribution is 7.99. The van der Waals surface area contributed by atoms with Crippen molar-refractivity contribution >= 4 is 17.7 Å². The van der Waals surface area contributed by atoms with Crippen LogP contribution in [-0.2, 0) is 11.0 Å². The molecule has 1 aliphatic rings. The van der Waals surface area contributed by atoms with Crippen molar-refractivity contribution in [3.8, 4) is 17.1 Å². The number of rotatable bonds is 6. The van der Waals surface area contributed by atoms with E-state index in [-0.39, 0.29) is 23.4 Å². The van der Waals surface area contributed by atoms with Crippen molar-refractivity contribution in [3.63, 3.8) is 0 Å². The zero-order valence-corrected chi connectivity index (χ0v) is 15.9. The summed E-state index contributed by atoms with van der Waals surface area (Å²) in [6.07, 6.45) is 0.620. The Morgan fingerprint density at radius 1 is 1.21 bits per heavy atom. The predicted molar refractivity (Wildman–Crippen MR) is 101 cm³/mol. The van der Waals surface area contributed by atoms with Gasteiger partial charge in [0.1, 0.15) is 0 Å². The highest BCUT2D eigenvalue weighted by atomic mass is 32.2. The Bertz CT molecular complexity index is 1020. The summed E-state index contributed by atoms with van der Waals surface area (Å²) in [5, 5.41) is 11.5. The average Bonchev–Trinajstić information content (AvgIpc) is 3.41. The second kappa shape index (κ2) is 7.86. The van der Waals surface area contributed by atoms with E-state index in [0.717, 1.165) is 36.7 Å². The maximum atomic E-state index is 13.2. The molecule has 0 bridgehead atoms. The number of alkyl halides is 3. The topological polar surface area (TPSA) is 72.7 Å². The Morgan fingerprint density at radius 3 is 2.72 bits per heavy atom. The Kier molecular flexibility index (Phi) is 5.27. The number of hydrogen-bond acceptors (Lipinski definition) is 5. The molecule has 0 radical (unpaired) electrons. The van der Waals surface area contributed by atoms with Crippen LogP contribution in [0.5, 0.6) is 0 Å². The third-order valence-electron chi connectivity index (χ3n) is 4.26. The molecule has 0 saturated heterocycles. The third-order valence-corrected chi connectivity index (χ3v) is 5.19. The quantitative estimate of drug-likeness (QED) is 0.617. The van der Waals surface area contributed by atoms with E-state index in [0.29, 0.717) is 16.5 Å². The number of aromatic nitrogens is 4. The Hall–Kier alpha value is -2.88. The van der Waals surface area contributed by atoms with Crippen LogP contribution in [-0.4, -0.2) is 37.5 Å². The number of benzene rings is 1. The Morgan fingerprint density at radius 2 is 2.03 bits per heavy atom. The first-order valence-corrected chi connectivity index (χ1v) is 9.86. The smallest absolute Gasteiger partial charge is 0.353 e. The van der Waals surface area contributed by atoms with Crippen molar-refractivity contribution in [2.45, 2.75) is 30.2 Å². The van der Waals surface area contributed by atoms with Crippen molar-refractivity contribution in [2.75, 3.05) is 5.75 Å². The van der Waals surface area contributed by atoms with Crippen molar-refractivity contribution in [3.05, 3.63) is 54.4 Å². The van der Waals surface area contributed by atoms with E-state index in [1.54, 1.807) is 30.6 Å². The van der Waals surface area contributed by atoms with Gasteiger partial charge in [0.25, 0.3) is 0 Å². The van der Waals surface area contributed by atoms with Gasteiger partial charge in [-0.15, -0.1) is 10.2 Å². The lowest BCUT2D eigenvalue weighted by atomic mass is 10.2. The first kappa shape index (κ1) is 19.4. The van der Waals surface area contributed by atoms with Crippen LogP contribution in [0.3, 0.4) is 0 Å². The summed E-state index contributed by atoms with van der Waals surface area (Å²) in [6.45, 7) is 0. The van der Waals surface area contributed by atoms with Crippen LogP contribution in [0.4, 0.5) is 13.2 Å². The molecule has 6 nitrogen and oxygen atoms in total. The molecule has 1 aromatic carbocycles. The molecule has 4 rings (SSSR count). The number of pyridine rings is 1. The molecule has 1 fully saturated rings. The molecule has 150 valence electrons. The van der Waals surface area contributed by atoms with Crippen LogP contribution in [0.1, 0.15) is 18.4 Å². The van der Waals surface area contributed by atoms with Crippen molar-refractivity contribution < 1.29 is 18.0 Å². The fraction of sp³-hybridized carbons (Fsp3) is 0.263. The minimum absolute atomic E-state index is 0.0979. The van der Waals surface area contributed by atoms with E-state index in [4.69, 9.17) is 0 Å². The lowest BCUT2D eigenvalue weighted by Crippen LogP contribution is -2.27. The van der Waals surface area contributed by atoms with Gasteiger partial charge in [0.05, 0.1) is 17.0 Å². The predicted octanol–water partition coefficient (Wildman–Crippen LogP) is 3.72. The molecule has 1 aliphatic carbocycles. The lowest BCUT2D eigenvalue weighted by Gasteiger charge is -2.13.